The Bertz CT molecular complexity index is 1630. The maximum atomic E-state index is 13.3. The highest BCUT2D eigenvalue weighted by atomic mass is 35.5. The molecule has 0 spiro atoms. The van der Waals surface area contributed by atoms with E-state index in [1.54, 1.807) is 36.7 Å². The summed E-state index contributed by atoms with van der Waals surface area (Å²) in [4.78, 5) is 31.6. The van der Waals surface area contributed by atoms with Gasteiger partial charge in [-0.05, 0) is 55.1 Å². The molecule has 0 unspecified atom stereocenters. The molecule has 5 aromatic rings. The highest BCUT2D eigenvalue weighted by Gasteiger charge is 2.23. The summed E-state index contributed by atoms with van der Waals surface area (Å²) in [5.41, 5.74) is 3.84. The number of rotatable bonds is 6. The van der Waals surface area contributed by atoms with E-state index in [9.17, 15) is 9.59 Å². The van der Waals surface area contributed by atoms with Crippen LogP contribution in [0, 0.1) is 13.8 Å². The number of fused-ring (bicyclic) bond motifs is 1. The first-order valence-corrected chi connectivity index (χ1v) is 12.9. The highest BCUT2D eigenvalue weighted by molar-refractivity contribution is 7.13. The fourth-order valence-corrected chi connectivity index (χ4v) is 5.06. The summed E-state index contributed by atoms with van der Waals surface area (Å²) in [5, 5.41) is 10.4. The van der Waals surface area contributed by atoms with Gasteiger partial charge in [0.05, 0.1) is 48.6 Å². The number of pyridine rings is 1. The summed E-state index contributed by atoms with van der Waals surface area (Å²) in [6.45, 7) is 3.08. The summed E-state index contributed by atoms with van der Waals surface area (Å²) in [7, 11) is 0. The zero-order valence-corrected chi connectivity index (χ0v) is 22.1. The standard InChI is InChI=1S/C27H20Cl2N4O3S/c1-15-10-11-19(28)25(24(15)29)31-22(34)14-36-27(35)18-13-20(21-9-6-12-37-21)30-26-23(18)16(2)32-33(26)17-7-4-3-5-8-17/h3-13H,14H2,1-2H3,(H,31,34). The van der Waals surface area contributed by atoms with Crippen LogP contribution in [-0.4, -0.2) is 33.2 Å². The average Bonchev–Trinajstić information content (AvgIpc) is 3.56. The molecule has 10 heteroatoms. The Morgan fingerprint density at radius 3 is 2.57 bits per heavy atom. The molecule has 1 N–H and O–H groups in total. The van der Waals surface area contributed by atoms with Crippen LogP contribution in [0.4, 0.5) is 5.69 Å². The van der Waals surface area contributed by atoms with Crippen molar-refractivity contribution in [3.63, 3.8) is 0 Å². The van der Waals surface area contributed by atoms with Gasteiger partial charge in [0.2, 0.25) is 0 Å². The molecule has 2 aromatic carbocycles. The zero-order valence-electron chi connectivity index (χ0n) is 19.8. The number of anilines is 1. The molecule has 0 fully saturated rings. The predicted molar refractivity (Wildman–Crippen MR) is 147 cm³/mol. The molecule has 0 bridgehead atoms. The number of amides is 1. The molecule has 0 aliphatic carbocycles. The summed E-state index contributed by atoms with van der Waals surface area (Å²) in [6.07, 6.45) is 0. The van der Waals surface area contributed by atoms with E-state index in [2.05, 4.69) is 10.4 Å². The first kappa shape index (κ1) is 25.0. The van der Waals surface area contributed by atoms with Crippen molar-refractivity contribution in [2.45, 2.75) is 13.8 Å². The Hall–Kier alpha value is -3.72. The topological polar surface area (TPSA) is 86.1 Å². The van der Waals surface area contributed by atoms with E-state index in [-0.39, 0.29) is 16.3 Å². The molecule has 0 radical (unpaired) electrons. The van der Waals surface area contributed by atoms with Crippen LogP contribution in [0.2, 0.25) is 10.0 Å². The zero-order chi connectivity index (χ0) is 26.1. The van der Waals surface area contributed by atoms with Gasteiger partial charge < -0.3 is 10.1 Å². The molecule has 0 aliphatic heterocycles. The number of ether oxygens (including phenoxy) is 1. The lowest BCUT2D eigenvalue weighted by Gasteiger charge is -2.12. The van der Waals surface area contributed by atoms with Gasteiger partial charge >= 0.3 is 5.97 Å². The Morgan fingerprint density at radius 2 is 1.84 bits per heavy atom. The number of carbonyl (C=O) groups is 2. The second kappa shape index (κ2) is 10.3. The molecular formula is C27H20Cl2N4O3S. The van der Waals surface area contributed by atoms with E-state index in [0.29, 0.717) is 27.4 Å². The Labute approximate surface area is 226 Å². The molecule has 37 heavy (non-hydrogen) atoms. The third kappa shape index (κ3) is 4.96. The number of hydrogen-bond donors (Lipinski definition) is 1. The van der Waals surface area contributed by atoms with Crippen molar-refractivity contribution in [1.82, 2.24) is 14.8 Å². The quantitative estimate of drug-likeness (QED) is 0.233. The van der Waals surface area contributed by atoms with Gasteiger partial charge in [0, 0.05) is 0 Å². The number of aromatic nitrogens is 3. The maximum Gasteiger partial charge on any atom is 0.339 e. The largest absolute Gasteiger partial charge is 0.452 e. The smallest absolute Gasteiger partial charge is 0.339 e. The van der Waals surface area contributed by atoms with Gasteiger partial charge in [0.1, 0.15) is 0 Å². The number of hydrogen-bond acceptors (Lipinski definition) is 6. The molecule has 0 saturated heterocycles. The summed E-state index contributed by atoms with van der Waals surface area (Å²) in [5.74, 6) is -1.24. The summed E-state index contributed by atoms with van der Waals surface area (Å²) >= 11 is 14.0. The van der Waals surface area contributed by atoms with Crippen molar-refractivity contribution in [2.24, 2.45) is 0 Å². The molecule has 3 heterocycles. The van der Waals surface area contributed by atoms with Gasteiger partial charge in [-0.2, -0.15) is 5.10 Å². The van der Waals surface area contributed by atoms with Crippen LogP contribution in [0.1, 0.15) is 21.6 Å². The lowest BCUT2D eigenvalue weighted by atomic mass is 10.1. The van der Waals surface area contributed by atoms with Gasteiger partial charge in [-0.25, -0.2) is 14.5 Å². The minimum absolute atomic E-state index is 0.271. The average molecular weight is 551 g/mol. The number of para-hydroxylation sites is 1. The van der Waals surface area contributed by atoms with Crippen LogP contribution in [0.25, 0.3) is 27.3 Å². The lowest BCUT2D eigenvalue weighted by Crippen LogP contribution is -2.21. The third-order valence-corrected chi connectivity index (χ3v) is 7.38. The molecule has 0 atom stereocenters. The van der Waals surface area contributed by atoms with Crippen LogP contribution in [0.15, 0.2) is 66.0 Å². The van der Waals surface area contributed by atoms with Crippen molar-refractivity contribution in [3.8, 4) is 16.3 Å². The van der Waals surface area contributed by atoms with Crippen molar-refractivity contribution in [3.05, 3.63) is 92.9 Å². The van der Waals surface area contributed by atoms with Crippen LogP contribution in [0.3, 0.4) is 0 Å². The summed E-state index contributed by atoms with van der Waals surface area (Å²) in [6, 6.07) is 18.4. The van der Waals surface area contributed by atoms with Crippen molar-refractivity contribution < 1.29 is 14.3 Å². The minimum atomic E-state index is -0.669. The van der Waals surface area contributed by atoms with Crippen LogP contribution >= 0.6 is 34.5 Å². The van der Waals surface area contributed by atoms with Crippen molar-refractivity contribution in [1.29, 1.82) is 0 Å². The fourth-order valence-electron chi connectivity index (χ4n) is 3.91. The number of aryl methyl sites for hydroxylation is 2. The van der Waals surface area contributed by atoms with Gasteiger partial charge in [-0.1, -0.05) is 53.5 Å². The Kier molecular flexibility index (Phi) is 6.97. The fraction of sp³-hybridized carbons (Fsp3) is 0.111. The third-order valence-electron chi connectivity index (χ3n) is 5.69. The first-order chi connectivity index (χ1) is 17.8. The number of nitrogens with zero attached hydrogens (tertiary/aromatic N) is 3. The van der Waals surface area contributed by atoms with Gasteiger partial charge in [-0.3, -0.25) is 4.79 Å². The van der Waals surface area contributed by atoms with E-state index < -0.39 is 18.5 Å². The van der Waals surface area contributed by atoms with Crippen LogP contribution < -0.4 is 5.32 Å². The molecule has 5 rings (SSSR count). The molecule has 3 aromatic heterocycles. The summed E-state index contributed by atoms with van der Waals surface area (Å²) < 4.78 is 7.13. The van der Waals surface area contributed by atoms with E-state index in [0.717, 1.165) is 16.1 Å². The van der Waals surface area contributed by atoms with E-state index in [1.807, 2.05) is 47.8 Å². The number of thiophene rings is 1. The van der Waals surface area contributed by atoms with Gasteiger partial charge in [-0.15, -0.1) is 11.3 Å². The number of nitrogens with one attached hydrogen (secondary N) is 1. The Balaban J connectivity index is 1.48. The van der Waals surface area contributed by atoms with Gasteiger partial charge in [0.15, 0.2) is 12.3 Å². The molecule has 1 amide bonds. The number of esters is 1. The normalized spacial score (nSPS) is 11.0. The maximum absolute atomic E-state index is 13.3. The van der Waals surface area contributed by atoms with Crippen LogP contribution in [0.5, 0.6) is 0 Å². The molecule has 0 aliphatic rings. The predicted octanol–water partition coefficient (Wildman–Crippen LogP) is 6.87. The monoisotopic (exact) mass is 550 g/mol. The molecule has 7 nitrogen and oxygen atoms in total. The second-order valence-corrected chi connectivity index (χ2v) is 9.97. The highest BCUT2D eigenvalue weighted by Crippen LogP contribution is 2.33. The number of halogens is 2. The Morgan fingerprint density at radius 1 is 1.05 bits per heavy atom. The first-order valence-electron chi connectivity index (χ1n) is 11.2. The number of carbonyl (C=O) groups excluding carboxylic acids is 2. The molecule has 0 saturated carbocycles. The van der Waals surface area contributed by atoms with E-state index in [4.69, 9.17) is 32.9 Å². The van der Waals surface area contributed by atoms with Crippen molar-refractivity contribution >= 4 is 63.1 Å². The number of benzene rings is 2. The van der Waals surface area contributed by atoms with E-state index in [1.165, 1.54) is 11.3 Å². The van der Waals surface area contributed by atoms with Crippen molar-refractivity contribution in [2.75, 3.05) is 11.9 Å². The molecular weight excluding hydrogens is 531 g/mol. The second-order valence-electron chi connectivity index (χ2n) is 8.24. The lowest BCUT2D eigenvalue weighted by molar-refractivity contribution is -0.119. The van der Waals surface area contributed by atoms with Crippen LogP contribution in [-0.2, 0) is 9.53 Å². The van der Waals surface area contributed by atoms with Gasteiger partial charge in [0.25, 0.3) is 5.91 Å². The van der Waals surface area contributed by atoms with E-state index >= 15 is 0 Å². The SMILES string of the molecule is Cc1ccc(Cl)c(NC(=O)COC(=O)c2cc(-c3cccs3)nc3c2c(C)nn3-c2ccccc2)c1Cl. The molecule has 186 valence electrons. The minimum Gasteiger partial charge on any atom is -0.452 e.